The Morgan fingerprint density at radius 1 is 1.19 bits per heavy atom. The smallest absolute Gasteiger partial charge is 0.0467 e. The molecule has 1 aromatic heterocycles. The summed E-state index contributed by atoms with van der Waals surface area (Å²) < 4.78 is 1.23. The summed E-state index contributed by atoms with van der Waals surface area (Å²) in [7, 11) is 0. The fourth-order valence-electron chi connectivity index (χ4n) is 2.87. The molecule has 1 atom stereocenters. The molecule has 114 valence electrons. The number of rotatable bonds is 6. The lowest BCUT2D eigenvalue weighted by molar-refractivity contribution is 0.533. The molecule has 2 aromatic rings. The molecule has 1 unspecified atom stereocenters. The highest BCUT2D eigenvalue weighted by Gasteiger charge is 2.18. The van der Waals surface area contributed by atoms with Crippen LogP contribution in [0.15, 0.2) is 28.1 Å². The van der Waals surface area contributed by atoms with Crippen LogP contribution in [0, 0.1) is 20.8 Å². The molecule has 1 aromatic carbocycles. The monoisotopic (exact) mass is 365 g/mol. The van der Waals surface area contributed by atoms with Crippen LogP contribution in [-0.2, 0) is 6.42 Å². The molecular weight excluding hydrogens is 342 g/mol. The van der Waals surface area contributed by atoms with Crippen LogP contribution in [0.5, 0.6) is 0 Å². The fraction of sp³-hybridized carbons (Fsp3) is 0.444. The summed E-state index contributed by atoms with van der Waals surface area (Å²) >= 11 is 5.52. The van der Waals surface area contributed by atoms with E-state index in [0.717, 1.165) is 19.4 Å². The molecule has 0 fully saturated rings. The quantitative estimate of drug-likeness (QED) is 0.690. The van der Waals surface area contributed by atoms with Gasteiger partial charge in [0.15, 0.2) is 0 Å². The Morgan fingerprint density at radius 2 is 1.86 bits per heavy atom. The molecule has 0 aliphatic rings. The molecule has 0 aliphatic carbocycles. The van der Waals surface area contributed by atoms with Crippen LogP contribution in [-0.4, -0.2) is 6.54 Å². The molecule has 0 radical (unpaired) electrons. The van der Waals surface area contributed by atoms with E-state index in [1.165, 1.54) is 31.6 Å². The first-order valence-electron chi connectivity index (χ1n) is 7.56. The summed E-state index contributed by atoms with van der Waals surface area (Å²) in [4.78, 5) is 1.41. The molecule has 3 heteroatoms. The highest BCUT2D eigenvalue weighted by atomic mass is 79.9. The molecule has 0 amide bonds. The van der Waals surface area contributed by atoms with E-state index in [1.54, 1.807) is 0 Å². The molecular formula is C18H24BrNS. The van der Waals surface area contributed by atoms with Crippen molar-refractivity contribution < 1.29 is 0 Å². The van der Waals surface area contributed by atoms with E-state index in [1.807, 2.05) is 11.3 Å². The first-order valence-corrected chi connectivity index (χ1v) is 9.23. The summed E-state index contributed by atoms with van der Waals surface area (Å²) in [6.07, 6.45) is 2.21. The number of halogens is 1. The summed E-state index contributed by atoms with van der Waals surface area (Å²) in [6.45, 7) is 9.91. The topological polar surface area (TPSA) is 12.0 Å². The molecule has 1 heterocycles. The Hall–Kier alpha value is -0.640. The van der Waals surface area contributed by atoms with Gasteiger partial charge in [0.05, 0.1) is 0 Å². The first-order chi connectivity index (χ1) is 10.0. The number of benzene rings is 1. The van der Waals surface area contributed by atoms with Crippen molar-refractivity contribution in [2.24, 2.45) is 0 Å². The second-order valence-electron chi connectivity index (χ2n) is 5.72. The average Bonchev–Trinajstić information content (AvgIpc) is 2.83. The van der Waals surface area contributed by atoms with Crippen molar-refractivity contribution in [3.63, 3.8) is 0 Å². The highest BCUT2D eigenvalue weighted by Crippen LogP contribution is 2.32. The molecule has 2 rings (SSSR count). The Balaban J connectivity index is 2.29. The Labute approximate surface area is 140 Å². The molecule has 21 heavy (non-hydrogen) atoms. The van der Waals surface area contributed by atoms with Gasteiger partial charge in [0, 0.05) is 15.4 Å². The van der Waals surface area contributed by atoms with Crippen molar-refractivity contribution in [2.45, 2.75) is 46.6 Å². The molecule has 0 aliphatic heterocycles. The lowest BCUT2D eigenvalue weighted by atomic mass is 9.94. The maximum absolute atomic E-state index is 3.71. The zero-order valence-corrected chi connectivity index (χ0v) is 15.7. The van der Waals surface area contributed by atoms with E-state index < -0.39 is 0 Å². The van der Waals surface area contributed by atoms with Crippen molar-refractivity contribution >= 4 is 27.3 Å². The van der Waals surface area contributed by atoms with E-state index in [9.17, 15) is 0 Å². The minimum Gasteiger partial charge on any atom is -0.309 e. The molecule has 1 nitrogen and oxygen atoms in total. The predicted octanol–water partition coefficient (Wildman–Crippen LogP) is 5.72. The van der Waals surface area contributed by atoms with E-state index in [-0.39, 0.29) is 0 Å². The number of hydrogen-bond donors (Lipinski definition) is 1. The third-order valence-corrected chi connectivity index (χ3v) is 5.84. The van der Waals surface area contributed by atoms with Crippen molar-refractivity contribution in [2.75, 3.05) is 6.54 Å². The Morgan fingerprint density at radius 3 is 2.38 bits per heavy atom. The lowest BCUT2D eigenvalue weighted by Crippen LogP contribution is -2.24. The lowest BCUT2D eigenvalue weighted by Gasteiger charge is -2.21. The molecule has 1 N–H and O–H groups in total. The second-order valence-corrected chi connectivity index (χ2v) is 7.52. The van der Waals surface area contributed by atoms with Gasteiger partial charge in [-0.15, -0.1) is 11.3 Å². The third kappa shape index (κ3) is 4.18. The van der Waals surface area contributed by atoms with E-state index >= 15 is 0 Å². The van der Waals surface area contributed by atoms with Gasteiger partial charge in [-0.1, -0.05) is 24.6 Å². The SMILES string of the molecule is CCCNC(Cc1c(C)cc(C)cc1C)c1sccc1Br. The van der Waals surface area contributed by atoms with Gasteiger partial charge in [0.2, 0.25) is 0 Å². The number of aryl methyl sites for hydroxylation is 3. The van der Waals surface area contributed by atoms with Crippen LogP contribution in [0.4, 0.5) is 0 Å². The van der Waals surface area contributed by atoms with E-state index in [0.29, 0.717) is 6.04 Å². The Kier molecular flexibility index (Phi) is 6.03. The maximum Gasteiger partial charge on any atom is 0.0467 e. The zero-order chi connectivity index (χ0) is 15.4. The third-order valence-electron chi connectivity index (χ3n) is 3.85. The van der Waals surface area contributed by atoms with Gasteiger partial charge < -0.3 is 5.32 Å². The van der Waals surface area contributed by atoms with Gasteiger partial charge in [-0.2, -0.15) is 0 Å². The average molecular weight is 366 g/mol. The zero-order valence-electron chi connectivity index (χ0n) is 13.3. The number of thiophene rings is 1. The van der Waals surface area contributed by atoms with E-state index in [4.69, 9.17) is 0 Å². The molecule has 0 bridgehead atoms. The Bertz CT molecular complexity index is 580. The van der Waals surface area contributed by atoms with Crippen LogP contribution >= 0.6 is 27.3 Å². The van der Waals surface area contributed by atoms with Gasteiger partial charge in [-0.3, -0.25) is 0 Å². The van der Waals surface area contributed by atoms with Crippen LogP contribution in [0.25, 0.3) is 0 Å². The van der Waals surface area contributed by atoms with Crippen LogP contribution in [0.1, 0.15) is 46.5 Å². The predicted molar refractivity (Wildman–Crippen MR) is 97.4 cm³/mol. The summed E-state index contributed by atoms with van der Waals surface area (Å²) in [6, 6.07) is 7.13. The van der Waals surface area contributed by atoms with E-state index in [2.05, 4.69) is 72.5 Å². The fourth-order valence-corrected chi connectivity index (χ4v) is 4.59. The van der Waals surface area contributed by atoms with Gasteiger partial charge in [-0.05, 0) is 84.2 Å². The maximum atomic E-state index is 3.71. The normalized spacial score (nSPS) is 12.6. The van der Waals surface area contributed by atoms with Gasteiger partial charge in [0.25, 0.3) is 0 Å². The van der Waals surface area contributed by atoms with Crippen molar-refractivity contribution in [3.05, 3.63) is 55.2 Å². The van der Waals surface area contributed by atoms with Gasteiger partial charge in [0.1, 0.15) is 0 Å². The van der Waals surface area contributed by atoms with Gasteiger partial charge in [-0.25, -0.2) is 0 Å². The molecule has 0 saturated heterocycles. The van der Waals surface area contributed by atoms with Crippen LogP contribution in [0.3, 0.4) is 0 Å². The van der Waals surface area contributed by atoms with Crippen molar-refractivity contribution in [1.82, 2.24) is 5.32 Å². The number of hydrogen-bond acceptors (Lipinski definition) is 2. The second kappa shape index (κ2) is 7.57. The van der Waals surface area contributed by atoms with Gasteiger partial charge >= 0.3 is 0 Å². The summed E-state index contributed by atoms with van der Waals surface area (Å²) in [5.41, 5.74) is 5.64. The minimum atomic E-state index is 0.388. The highest BCUT2D eigenvalue weighted by molar-refractivity contribution is 9.10. The van der Waals surface area contributed by atoms with Crippen molar-refractivity contribution in [3.8, 4) is 0 Å². The standard InChI is InChI=1S/C18H24BrNS/c1-5-7-20-17(18-16(19)6-8-21-18)11-15-13(3)9-12(2)10-14(15)4/h6,8-10,17,20H,5,7,11H2,1-4H3. The van der Waals surface area contributed by atoms with Crippen LogP contribution in [0.2, 0.25) is 0 Å². The summed E-state index contributed by atoms with van der Waals surface area (Å²) in [5, 5.41) is 5.87. The van der Waals surface area contributed by atoms with Crippen LogP contribution < -0.4 is 5.32 Å². The number of nitrogens with one attached hydrogen (secondary N) is 1. The molecule has 0 saturated carbocycles. The van der Waals surface area contributed by atoms with Crippen molar-refractivity contribution in [1.29, 1.82) is 0 Å². The minimum absolute atomic E-state index is 0.388. The largest absolute Gasteiger partial charge is 0.309 e. The molecule has 0 spiro atoms. The first kappa shape index (κ1) is 16.7. The summed E-state index contributed by atoms with van der Waals surface area (Å²) in [5.74, 6) is 0.